The van der Waals surface area contributed by atoms with Crippen LogP contribution in [0, 0.1) is 0 Å². The molecular weight excluding hydrogens is 869 g/mol. The molecule has 4 amide bonds. The molecule has 4 N–H and O–H groups in total. The SMILES string of the molecule is CCCCCCCCCCCCCCNC(=O)[C@H](CC(=O)NCCC(=O)N[C@@H](CCC(=O)OCc1ccccc1)C(=O)OCc1ccccc1)NC(=O)COCCOCCOCCCCCCC. The first-order valence-corrected chi connectivity index (χ1v) is 25.5. The molecule has 68 heavy (non-hydrogen) atoms. The predicted octanol–water partition coefficient (Wildman–Crippen LogP) is 7.96. The first kappa shape index (κ1) is 59.3. The van der Waals surface area contributed by atoms with Gasteiger partial charge in [0.25, 0.3) is 0 Å². The summed E-state index contributed by atoms with van der Waals surface area (Å²) in [7, 11) is 0. The van der Waals surface area contributed by atoms with E-state index in [-0.39, 0.29) is 65.3 Å². The molecule has 2 aromatic rings. The fourth-order valence-corrected chi connectivity index (χ4v) is 7.15. The van der Waals surface area contributed by atoms with E-state index in [0.29, 0.717) is 26.4 Å². The number of nitrogens with one attached hydrogen (secondary N) is 4. The molecule has 2 aromatic carbocycles. The van der Waals surface area contributed by atoms with Gasteiger partial charge in [-0.05, 0) is 30.4 Å². The van der Waals surface area contributed by atoms with E-state index in [1.165, 1.54) is 70.6 Å². The van der Waals surface area contributed by atoms with Crippen molar-refractivity contribution in [3.8, 4) is 0 Å². The topological polar surface area (TPSA) is 197 Å². The number of rotatable bonds is 43. The van der Waals surface area contributed by atoms with Crippen molar-refractivity contribution in [2.75, 3.05) is 52.7 Å². The Morgan fingerprint density at radius 3 is 1.56 bits per heavy atom. The van der Waals surface area contributed by atoms with Gasteiger partial charge in [-0.25, -0.2) is 4.79 Å². The van der Waals surface area contributed by atoms with Crippen LogP contribution in [0.3, 0.4) is 0 Å². The van der Waals surface area contributed by atoms with Crippen molar-refractivity contribution in [2.24, 2.45) is 0 Å². The van der Waals surface area contributed by atoms with Crippen LogP contribution in [0.25, 0.3) is 0 Å². The Bertz CT molecular complexity index is 1630. The van der Waals surface area contributed by atoms with Gasteiger partial charge in [0.15, 0.2) is 0 Å². The second kappa shape index (κ2) is 41.1. The molecule has 0 heterocycles. The molecule has 15 nitrogen and oxygen atoms in total. The second-order valence-corrected chi connectivity index (χ2v) is 17.2. The molecule has 0 aliphatic rings. The normalized spacial score (nSPS) is 11.9. The van der Waals surface area contributed by atoms with Gasteiger partial charge in [-0.1, -0.05) is 171 Å². The van der Waals surface area contributed by atoms with Crippen LogP contribution in [0.4, 0.5) is 0 Å². The van der Waals surface area contributed by atoms with Gasteiger partial charge in [0.05, 0.1) is 32.8 Å². The number of carbonyl (C=O) groups is 6. The van der Waals surface area contributed by atoms with Gasteiger partial charge in [-0.3, -0.25) is 24.0 Å². The van der Waals surface area contributed by atoms with Gasteiger partial charge < -0.3 is 45.0 Å². The monoisotopic (exact) mass is 953 g/mol. The first-order chi connectivity index (χ1) is 33.2. The highest BCUT2D eigenvalue weighted by molar-refractivity contribution is 5.92. The third-order valence-corrected chi connectivity index (χ3v) is 11.1. The summed E-state index contributed by atoms with van der Waals surface area (Å²) in [6.07, 6.45) is 19.3. The maximum atomic E-state index is 13.3. The summed E-state index contributed by atoms with van der Waals surface area (Å²) in [4.78, 5) is 78.1. The van der Waals surface area contributed by atoms with Crippen molar-refractivity contribution in [3.63, 3.8) is 0 Å². The van der Waals surface area contributed by atoms with Gasteiger partial charge in [0.2, 0.25) is 23.6 Å². The molecule has 0 saturated heterocycles. The van der Waals surface area contributed by atoms with Crippen LogP contribution >= 0.6 is 0 Å². The number of esters is 2. The zero-order valence-corrected chi connectivity index (χ0v) is 41.3. The number of ether oxygens (including phenoxy) is 5. The molecule has 0 aliphatic heterocycles. The van der Waals surface area contributed by atoms with E-state index in [9.17, 15) is 28.8 Å². The minimum absolute atomic E-state index is 0.0268. The number of amides is 4. The highest BCUT2D eigenvalue weighted by Gasteiger charge is 2.26. The zero-order chi connectivity index (χ0) is 49.1. The van der Waals surface area contributed by atoms with Crippen LogP contribution < -0.4 is 21.3 Å². The maximum absolute atomic E-state index is 13.3. The van der Waals surface area contributed by atoms with Crippen LogP contribution in [-0.2, 0) is 65.7 Å². The quantitative estimate of drug-likeness (QED) is 0.0372. The molecule has 0 spiro atoms. The standard InChI is InChI=1S/C53H84N4O11/c1-3-5-7-9-10-11-12-13-14-15-16-24-33-55-52(62)47(57-50(60)43-66-39-38-65-37-36-64-35-25-17-8-6-4-2)40-49(59)54-34-32-48(58)56-46(53(63)68-42-45-28-22-19-23-29-45)30-31-51(61)67-41-44-26-20-18-21-27-44/h18-23,26-29,46-47H,3-17,24-25,30-43H2,1-2H3,(H,54,59)(H,55,62)(H,56,58)(H,57,60)/t46-,47-/m0/s1. The molecule has 0 saturated carbocycles. The number of hydrogen-bond acceptors (Lipinski definition) is 11. The minimum atomic E-state index is -1.18. The number of carbonyl (C=O) groups excluding carboxylic acids is 6. The summed E-state index contributed by atoms with van der Waals surface area (Å²) < 4.78 is 27.4. The molecule has 0 aliphatic carbocycles. The molecule has 0 unspecified atom stereocenters. The molecule has 0 fully saturated rings. The van der Waals surface area contributed by atoms with Gasteiger partial charge in [0.1, 0.15) is 31.9 Å². The average Bonchev–Trinajstić information content (AvgIpc) is 3.34. The van der Waals surface area contributed by atoms with Crippen LogP contribution in [0.2, 0.25) is 0 Å². The summed E-state index contributed by atoms with van der Waals surface area (Å²) in [5.74, 6) is -3.47. The molecule has 2 atom stereocenters. The van der Waals surface area contributed by atoms with E-state index in [0.717, 1.165) is 49.7 Å². The fraction of sp³-hybridized carbons (Fsp3) is 0.660. The summed E-state index contributed by atoms with van der Waals surface area (Å²) in [6.45, 7) is 6.43. The lowest BCUT2D eigenvalue weighted by Gasteiger charge is -2.19. The van der Waals surface area contributed by atoms with E-state index in [1.54, 1.807) is 12.1 Å². The third kappa shape index (κ3) is 32.8. The van der Waals surface area contributed by atoms with Crippen molar-refractivity contribution in [1.29, 1.82) is 0 Å². The Kier molecular flexibility index (Phi) is 35.9. The van der Waals surface area contributed by atoms with E-state index < -0.39 is 47.7 Å². The zero-order valence-electron chi connectivity index (χ0n) is 41.3. The lowest BCUT2D eigenvalue weighted by atomic mass is 10.1. The maximum Gasteiger partial charge on any atom is 0.328 e. The van der Waals surface area contributed by atoms with Crippen molar-refractivity contribution in [3.05, 3.63) is 71.8 Å². The van der Waals surface area contributed by atoms with Gasteiger partial charge in [0, 0.05) is 32.5 Å². The Labute approximate surface area is 406 Å². The number of benzene rings is 2. The fourth-order valence-electron chi connectivity index (χ4n) is 7.15. The van der Waals surface area contributed by atoms with E-state index in [1.807, 2.05) is 48.5 Å². The third-order valence-electron chi connectivity index (χ3n) is 11.1. The molecular formula is C53H84N4O11. The molecule has 382 valence electrons. The Morgan fingerprint density at radius 2 is 0.971 bits per heavy atom. The van der Waals surface area contributed by atoms with E-state index in [4.69, 9.17) is 23.7 Å². The summed E-state index contributed by atoms with van der Waals surface area (Å²) in [5, 5.41) is 10.8. The largest absolute Gasteiger partial charge is 0.461 e. The molecule has 0 radical (unpaired) electrons. The van der Waals surface area contributed by atoms with Gasteiger partial charge >= 0.3 is 11.9 Å². The Hall–Kier alpha value is -4.86. The van der Waals surface area contributed by atoms with E-state index >= 15 is 0 Å². The van der Waals surface area contributed by atoms with Crippen molar-refractivity contribution in [2.45, 2.75) is 174 Å². The summed E-state index contributed by atoms with van der Waals surface area (Å²) >= 11 is 0. The lowest BCUT2D eigenvalue weighted by Crippen LogP contribution is -2.50. The second-order valence-electron chi connectivity index (χ2n) is 17.2. The summed E-state index contributed by atoms with van der Waals surface area (Å²) in [6, 6.07) is 15.9. The van der Waals surface area contributed by atoms with Crippen molar-refractivity contribution < 1.29 is 52.5 Å². The summed E-state index contributed by atoms with van der Waals surface area (Å²) in [5.41, 5.74) is 1.56. The molecule has 15 heteroatoms. The van der Waals surface area contributed by atoms with Gasteiger partial charge in [-0.15, -0.1) is 0 Å². The average molecular weight is 953 g/mol. The Morgan fingerprint density at radius 1 is 0.471 bits per heavy atom. The minimum Gasteiger partial charge on any atom is -0.461 e. The molecule has 0 aromatic heterocycles. The smallest absolute Gasteiger partial charge is 0.328 e. The molecule has 0 bridgehead atoms. The highest BCUT2D eigenvalue weighted by atomic mass is 16.5. The van der Waals surface area contributed by atoms with Crippen LogP contribution in [-0.4, -0.2) is 100 Å². The van der Waals surface area contributed by atoms with Crippen molar-refractivity contribution in [1.82, 2.24) is 21.3 Å². The number of unbranched alkanes of at least 4 members (excludes halogenated alkanes) is 15. The Balaban J connectivity index is 1.84. The van der Waals surface area contributed by atoms with E-state index in [2.05, 4.69) is 35.1 Å². The predicted molar refractivity (Wildman–Crippen MR) is 263 cm³/mol. The van der Waals surface area contributed by atoms with Crippen LogP contribution in [0.1, 0.15) is 160 Å². The van der Waals surface area contributed by atoms with Crippen molar-refractivity contribution >= 4 is 35.6 Å². The number of hydrogen-bond donors (Lipinski definition) is 4. The highest BCUT2D eigenvalue weighted by Crippen LogP contribution is 2.13. The molecule has 2 rings (SSSR count). The lowest BCUT2D eigenvalue weighted by molar-refractivity contribution is -0.150. The van der Waals surface area contributed by atoms with Crippen LogP contribution in [0.5, 0.6) is 0 Å². The van der Waals surface area contributed by atoms with Crippen LogP contribution in [0.15, 0.2) is 60.7 Å². The van der Waals surface area contributed by atoms with Gasteiger partial charge in [-0.2, -0.15) is 0 Å². The first-order valence-electron chi connectivity index (χ1n) is 25.5.